The van der Waals surface area contributed by atoms with Gasteiger partial charge in [-0.3, -0.25) is 13.6 Å². The SMILES string of the molecule is CC(C)Nc1ccc(-c2nnc(-c3cc(F)c(OC[C@H](COP(=O)(OC(C)(C)C)OC(C)(C)C)NC(=O)OC(C)(C)C)cc3Cl)s2)cn1. The van der Waals surface area contributed by atoms with E-state index in [2.05, 4.69) is 25.8 Å². The Morgan fingerprint density at radius 2 is 1.58 bits per heavy atom. The standard InChI is InChI=1S/C32H46ClFN5O7PS/c1-19(2)36-26-13-12-20(16-35-26)27-38-39-28(48-27)22-14-24(34)25(15-23(22)33)42-17-21(37-29(40)44-30(3,4)5)18-43-47(41,45-31(6,7)8)46-32(9,10)11/h12-16,19,21H,17-18H2,1-11H3,(H,35,36)(H,37,40)/t21-/m1/s1. The number of nitrogens with zero attached hydrogens (tertiary/aromatic N) is 3. The van der Waals surface area contributed by atoms with Gasteiger partial charge >= 0.3 is 13.9 Å². The van der Waals surface area contributed by atoms with Crippen LogP contribution < -0.4 is 15.4 Å². The summed E-state index contributed by atoms with van der Waals surface area (Å²) in [7, 11) is -4.14. The number of hydrogen-bond acceptors (Lipinski definition) is 12. The molecule has 0 aliphatic carbocycles. The maximum Gasteiger partial charge on any atom is 0.475 e. The number of halogens is 2. The van der Waals surface area contributed by atoms with Crippen LogP contribution in [-0.4, -0.2) is 63.4 Å². The molecule has 0 saturated carbocycles. The second-order valence-corrected chi connectivity index (χ2v) is 17.1. The first-order valence-electron chi connectivity index (χ1n) is 15.4. The van der Waals surface area contributed by atoms with Crippen LogP contribution >= 0.6 is 30.8 Å². The molecule has 0 aliphatic heterocycles. The van der Waals surface area contributed by atoms with Crippen LogP contribution in [0.1, 0.15) is 76.2 Å². The lowest BCUT2D eigenvalue weighted by Gasteiger charge is -2.32. The third-order valence-corrected chi connectivity index (χ3v) is 8.82. The number of phosphoric ester groups is 1. The number of aromatic nitrogens is 3. The van der Waals surface area contributed by atoms with Crippen molar-refractivity contribution in [1.82, 2.24) is 20.5 Å². The monoisotopic (exact) mass is 729 g/mol. The molecule has 3 rings (SSSR count). The van der Waals surface area contributed by atoms with Gasteiger partial charge in [-0.25, -0.2) is 18.7 Å². The molecule has 0 unspecified atom stereocenters. The second kappa shape index (κ2) is 15.8. The molecule has 48 heavy (non-hydrogen) atoms. The number of rotatable bonds is 13. The third-order valence-electron chi connectivity index (χ3n) is 5.49. The summed E-state index contributed by atoms with van der Waals surface area (Å²) in [6.07, 6.45) is 0.896. The first-order chi connectivity index (χ1) is 22.0. The molecule has 2 heterocycles. The predicted molar refractivity (Wildman–Crippen MR) is 186 cm³/mol. The van der Waals surface area contributed by atoms with Crippen molar-refractivity contribution in [3.05, 3.63) is 41.3 Å². The summed E-state index contributed by atoms with van der Waals surface area (Å²) < 4.78 is 57.2. The molecule has 0 saturated heterocycles. The van der Waals surface area contributed by atoms with E-state index in [-0.39, 0.29) is 30.0 Å². The Bertz CT molecular complexity index is 1570. The van der Waals surface area contributed by atoms with Crippen LogP contribution in [0.3, 0.4) is 0 Å². The van der Waals surface area contributed by atoms with Gasteiger partial charge in [-0.2, -0.15) is 0 Å². The molecule has 0 fully saturated rings. The number of nitrogens with one attached hydrogen (secondary N) is 2. The minimum Gasteiger partial charge on any atom is -0.488 e. The van der Waals surface area contributed by atoms with Crippen molar-refractivity contribution in [2.24, 2.45) is 0 Å². The topological polar surface area (TPSA) is 143 Å². The molecule has 266 valence electrons. The summed E-state index contributed by atoms with van der Waals surface area (Å²) in [5.41, 5.74) is -1.50. The van der Waals surface area contributed by atoms with E-state index in [0.29, 0.717) is 15.6 Å². The van der Waals surface area contributed by atoms with E-state index in [0.717, 1.165) is 11.4 Å². The van der Waals surface area contributed by atoms with Crippen LogP contribution in [0.15, 0.2) is 30.5 Å². The van der Waals surface area contributed by atoms with E-state index < -0.39 is 42.6 Å². The van der Waals surface area contributed by atoms with E-state index in [4.69, 9.17) is 34.6 Å². The Kier molecular flexibility index (Phi) is 13.0. The Morgan fingerprint density at radius 1 is 0.958 bits per heavy atom. The molecule has 1 atom stereocenters. The number of benzene rings is 1. The smallest absolute Gasteiger partial charge is 0.475 e. The van der Waals surface area contributed by atoms with Crippen LogP contribution in [-0.2, 0) is 22.9 Å². The molecule has 0 aliphatic rings. The molecule has 12 nitrogen and oxygen atoms in total. The van der Waals surface area contributed by atoms with Crippen LogP contribution in [0.4, 0.5) is 15.0 Å². The quantitative estimate of drug-likeness (QED) is 0.163. The lowest BCUT2D eigenvalue weighted by molar-refractivity contribution is -0.00235. The van der Waals surface area contributed by atoms with Crippen molar-refractivity contribution in [3.8, 4) is 26.9 Å². The number of carbonyl (C=O) groups excluding carboxylic acids is 1. The molecule has 1 amide bonds. The summed E-state index contributed by atoms with van der Waals surface area (Å²) in [6.45, 7) is 18.7. The Labute approximate surface area is 291 Å². The lowest BCUT2D eigenvalue weighted by atomic mass is 10.2. The number of alkyl carbamates (subject to hydrolysis) is 1. The van der Waals surface area contributed by atoms with Crippen LogP contribution in [0.5, 0.6) is 5.75 Å². The Morgan fingerprint density at radius 3 is 2.12 bits per heavy atom. The van der Waals surface area contributed by atoms with Crippen LogP contribution in [0.25, 0.3) is 21.1 Å². The normalized spacial score (nSPS) is 13.4. The zero-order valence-electron chi connectivity index (χ0n) is 29.3. The highest BCUT2D eigenvalue weighted by molar-refractivity contribution is 7.48. The summed E-state index contributed by atoms with van der Waals surface area (Å²) in [5, 5.41) is 15.4. The average molecular weight is 730 g/mol. The first-order valence-corrected chi connectivity index (χ1v) is 18.0. The highest BCUT2D eigenvalue weighted by Gasteiger charge is 2.38. The number of ether oxygens (including phenoxy) is 2. The zero-order valence-corrected chi connectivity index (χ0v) is 31.7. The lowest BCUT2D eigenvalue weighted by Crippen LogP contribution is -2.44. The fourth-order valence-electron chi connectivity index (χ4n) is 3.87. The van der Waals surface area contributed by atoms with Crippen LogP contribution in [0.2, 0.25) is 5.02 Å². The number of carbonyl (C=O) groups is 1. The van der Waals surface area contributed by atoms with Crippen LogP contribution in [0, 0.1) is 5.82 Å². The number of amides is 1. The fraction of sp³-hybridized carbons (Fsp3) is 0.562. The van der Waals surface area contributed by atoms with Gasteiger partial charge in [0.2, 0.25) is 0 Å². The number of pyridine rings is 1. The van der Waals surface area contributed by atoms with Crippen molar-refractivity contribution < 1.29 is 36.8 Å². The minimum absolute atomic E-state index is 0.165. The molecular weight excluding hydrogens is 684 g/mol. The van der Waals surface area contributed by atoms with Crippen molar-refractivity contribution in [1.29, 1.82) is 0 Å². The average Bonchev–Trinajstić information content (AvgIpc) is 3.38. The van der Waals surface area contributed by atoms with Crippen molar-refractivity contribution >= 4 is 42.7 Å². The third kappa shape index (κ3) is 13.2. The van der Waals surface area contributed by atoms with E-state index in [1.807, 2.05) is 26.0 Å². The van der Waals surface area contributed by atoms with Gasteiger partial charge in [-0.05, 0) is 94.4 Å². The molecule has 2 aromatic heterocycles. The number of phosphoric acid groups is 1. The van der Waals surface area contributed by atoms with E-state index in [9.17, 15) is 9.36 Å². The number of anilines is 1. The molecule has 2 N–H and O–H groups in total. The van der Waals surface area contributed by atoms with Gasteiger partial charge in [-0.15, -0.1) is 10.2 Å². The Balaban J connectivity index is 1.79. The van der Waals surface area contributed by atoms with Gasteiger partial charge < -0.3 is 20.1 Å². The second-order valence-electron chi connectivity index (χ2n) is 14.2. The highest BCUT2D eigenvalue weighted by Crippen LogP contribution is 2.55. The van der Waals surface area contributed by atoms with E-state index in [1.165, 1.54) is 23.5 Å². The molecule has 16 heteroatoms. The van der Waals surface area contributed by atoms with Gasteiger partial charge in [-0.1, -0.05) is 22.9 Å². The molecular formula is C32H46ClFN5O7PS. The van der Waals surface area contributed by atoms with Gasteiger partial charge in [0.25, 0.3) is 0 Å². The largest absolute Gasteiger partial charge is 0.488 e. The molecule has 0 spiro atoms. The Hall–Kier alpha value is -2.87. The summed E-state index contributed by atoms with van der Waals surface area (Å²) in [5.74, 6) is -0.187. The number of hydrogen-bond donors (Lipinski definition) is 2. The van der Waals surface area contributed by atoms with Gasteiger partial charge in [0.15, 0.2) is 11.6 Å². The zero-order chi connectivity index (χ0) is 36.1. The first kappa shape index (κ1) is 39.6. The highest BCUT2D eigenvalue weighted by atomic mass is 35.5. The summed E-state index contributed by atoms with van der Waals surface area (Å²) in [6, 6.07) is 5.49. The van der Waals surface area contributed by atoms with Gasteiger partial charge in [0, 0.05) is 29.4 Å². The molecule has 3 aromatic rings. The van der Waals surface area contributed by atoms with Crippen molar-refractivity contribution in [3.63, 3.8) is 0 Å². The maximum absolute atomic E-state index is 15.4. The minimum atomic E-state index is -4.14. The maximum atomic E-state index is 15.4. The molecule has 0 radical (unpaired) electrons. The van der Waals surface area contributed by atoms with Crippen molar-refractivity contribution in [2.75, 3.05) is 18.5 Å². The summed E-state index contributed by atoms with van der Waals surface area (Å²) >= 11 is 7.79. The fourth-order valence-corrected chi connectivity index (χ4v) is 6.88. The van der Waals surface area contributed by atoms with Crippen molar-refractivity contribution in [2.45, 2.75) is 105 Å². The van der Waals surface area contributed by atoms with Gasteiger partial charge in [0.05, 0.1) is 28.9 Å². The van der Waals surface area contributed by atoms with E-state index in [1.54, 1.807) is 68.5 Å². The summed E-state index contributed by atoms with van der Waals surface area (Å²) in [4.78, 5) is 17.1. The van der Waals surface area contributed by atoms with Gasteiger partial charge in [0.1, 0.15) is 28.0 Å². The predicted octanol–water partition coefficient (Wildman–Crippen LogP) is 8.91. The molecule has 0 bridgehead atoms. The van der Waals surface area contributed by atoms with E-state index >= 15 is 4.39 Å². The molecule has 1 aromatic carbocycles.